The van der Waals surface area contributed by atoms with E-state index in [1.807, 2.05) is 25.1 Å². The van der Waals surface area contributed by atoms with Crippen LogP contribution in [0.25, 0.3) is 0 Å². The van der Waals surface area contributed by atoms with Gasteiger partial charge < -0.3 is 0 Å². The fourth-order valence-corrected chi connectivity index (χ4v) is 3.54. The van der Waals surface area contributed by atoms with E-state index in [0.717, 1.165) is 40.8 Å². The number of carbonyl (C=O) groups excluding carboxylic acids is 1. The third-order valence-electron chi connectivity index (χ3n) is 4.74. The summed E-state index contributed by atoms with van der Waals surface area (Å²) < 4.78 is 0. The SMILES string of the molecule is Cc1ccc(CC(=O)C2CCC(C(C)C)CC2)c(Cl)c1. The zero-order valence-corrected chi connectivity index (χ0v) is 13.5. The minimum Gasteiger partial charge on any atom is -0.299 e. The van der Waals surface area contributed by atoms with Crippen LogP contribution in [0.2, 0.25) is 5.02 Å². The Bertz CT molecular complexity index is 470. The fourth-order valence-electron chi connectivity index (χ4n) is 3.24. The molecule has 110 valence electrons. The van der Waals surface area contributed by atoms with E-state index in [-0.39, 0.29) is 5.92 Å². The van der Waals surface area contributed by atoms with Crippen LogP contribution in [0.3, 0.4) is 0 Å². The first-order valence-electron chi connectivity index (χ1n) is 7.75. The molecule has 1 aliphatic carbocycles. The molecule has 2 heteroatoms. The van der Waals surface area contributed by atoms with Gasteiger partial charge in [0.25, 0.3) is 0 Å². The molecule has 1 nitrogen and oxygen atoms in total. The molecule has 0 aliphatic heterocycles. The molecule has 1 aromatic rings. The van der Waals surface area contributed by atoms with Crippen LogP contribution in [0.4, 0.5) is 0 Å². The molecule has 1 fully saturated rings. The van der Waals surface area contributed by atoms with Crippen LogP contribution in [-0.2, 0) is 11.2 Å². The van der Waals surface area contributed by atoms with Crippen LogP contribution in [0.1, 0.15) is 50.7 Å². The lowest BCUT2D eigenvalue weighted by Crippen LogP contribution is -2.25. The first kappa shape index (κ1) is 15.6. The molecule has 0 spiro atoms. The first-order chi connectivity index (χ1) is 9.47. The molecule has 0 aromatic heterocycles. The molecule has 2 rings (SSSR count). The van der Waals surface area contributed by atoms with Crippen molar-refractivity contribution in [1.82, 2.24) is 0 Å². The van der Waals surface area contributed by atoms with Gasteiger partial charge in [-0.15, -0.1) is 0 Å². The molecule has 0 unspecified atom stereocenters. The summed E-state index contributed by atoms with van der Waals surface area (Å²) in [6, 6.07) is 5.97. The molecule has 0 bridgehead atoms. The van der Waals surface area contributed by atoms with Crippen molar-refractivity contribution in [1.29, 1.82) is 0 Å². The number of hydrogen-bond acceptors (Lipinski definition) is 1. The van der Waals surface area contributed by atoms with E-state index in [4.69, 9.17) is 11.6 Å². The maximum Gasteiger partial charge on any atom is 0.140 e. The van der Waals surface area contributed by atoms with Gasteiger partial charge in [-0.3, -0.25) is 4.79 Å². The van der Waals surface area contributed by atoms with E-state index >= 15 is 0 Å². The van der Waals surface area contributed by atoms with Gasteiger partial charge in [-0.25, -0.2) is 0 Å². The van der Waals surface area contributed by atoms with Gasteiger partial charge in [0.15, 0.2) is 0 Å². The largest absolute Gasteiger partial charge is 0.299 e. The third kappa shape index (κ3) is 3.85. The Morgan fingerprint density at radius 3 is 2.45 bits per heavy atom. The van der Waals surface area contributed by atoms with Gasteiger partial charge in [0.2, 0.25) is 0 Å². The summed E-state index contributed by atoms with van der Waals surface area (Å²) >= 11 is 6.23. The summed E-state index contributed by atoms with van der Waals surface area (Å²) in [7, 11) is 0. The van der Waals surface area contributed by atoms with Crippen molar-refractivity contribution in [2.24, 2.45) is 17.8 Å². The maximum absolute atomic E-state index is 12.4. The highest BCUT2D eigenvalue weighted by molar-refractivity contribution is 6.31. The lowest BCUT2D eigenvalue weighted by molar-refractivity contribution is -0.123. The van der Waals surface area contributed by atoms with E-state index in [1.165, 1.54) is 12.8 Å². The fraction of sp³-hybridized carbons (Fsp3) is 0.611. The Labute approximate surface area is 127 Å². The quantitative estimate of drug-likeness (QED) is 0.743. The molecular formula is C18H25ClO. The molecule has 0 N–H and O–H groups in total. The number of carbonyl (C=O) groups is 1. The van der Waals surface area contributed by atoms with Crippen LogP contribution in [0, 0.1) is 24.7 Å². The lowest BCUT2D eigenvalue weighted by atomic mass is 9.75. The maximum atomic E-state index is 12.4. The van der Waals surface area contributed by atoms with Crippen LogP contribution in [-0.4, -0.2) is 5.78 Å². The van der Waals surface area contributed by atoms with Crippen molar-refractivity contribution in [3.8, 4) is 0 Å². The summed E-state index contributed by atoms with van der Waals surface area (Å²) in [5.74, 6) is 2.18. The summed E-state index contributed by atoms with van der Waals surface area (Å²) in [6.07, 6.45) is 5.03. The number of aryl methyl sites for hydroxylation is 1. The van der Waals surface area contributed by atoms with Gasteiger partial charge >= 0.3 is 0 Å². The monoisotopic (exact) mass is 292 g/mol. The number of Topliss-reactive ketones (excluding diaryl/α,β-unsaturated/α-hetero) is 1. The van der Waals surface area contributed by atoms with E-state index < -0.39 is 0 Å². The smallest absolute Gasteiger partial charge is 0.140 e. The predicted octanol–water partition coefficient (Wildman–Crippen LogP) is 5.22. The summed E-state index contributed by atoms with van der Waals surface area (Å²) in [6.45, 7) is 6.60. The van der Waals surface area contributed by atoms with Gasteiger partial charge in [-0.05, 0) is 61.6 Å². The van der Waals surface area contributed by atoms with Crippen molar-refractivity contribution in [2.75, 3.05) is 0 Å². The second-order valence-electron chi connectivity index (χ2n) is 6.59. The third-order valence-corrected chi connectivity index (χ3v) is 5.10. The summed E-state index contributed by atoms with van der Waals surface area (Å²) in [5, 5.41) is 0.731. The second kappa shape index (κ2) is 6.76. The van der Waals surface area contributed by atoms with Gasteiger partial charge in [-0.1, -0.05) is 37.6 Å². The number of hydrogen-bond donors (Lipinski definition) is 0. The van der Waals surface area contributed by atoms with E-state index in [9.17, 15) is 4.79 Å². The minimum atomic E-state index is 0.252. The minimum absolute atomic E-state index is 0.252. The lowest BCUT2D eigenvalue weighted by Gasteiger charge is -2.30. The summed E-state index contributed by atoms with van der Waals surface area (Å²) in [5.41, 5.74) is 2.12. The van der Waals surface area contributed by atoms with Crippen molar-refractivity contribution in [3.05, 3.63) is 34.3 Å². The van der Waals surface area contributed by atoms with Crippen LogP contribution >= 0.6 is 11.6 Å². The molecule has 20 heavy (non-hydrogen) atoms. The van der Waals surface area contributed by atoms with Crippen LogP contribution < -0.4 is 0 Å². The second-order valence-corrected chi connectivity index (χ2v) is 7.00. The molecule has 0 radical (unpaired) electrons. The number of halogens is 1. The Hall–Kier alpha value is -0.820. The standard InChI is InChI=1S/C18H25ClO/c1-12(2)14-6-8-15(9-7-14)18(20)11-16-5-4-13(3)10-17(16)19/h4-5,10,12,14-15H,6-9,11H2,1-3H3. The average molecular weight is 293 g/mol. The highest BCUT2D eigenvalue weighted by Crippen LogP contribution is 2.34. The molecule has 0 saturated heterocycles. The van der Waals surface area contributed by atoms with Crippen molar-refractivity contribution >= 4 is 17.4 Å². The molecule has 1 saturated carbocycles. The zero-order chi connectivity index (χ0) is 14.7. The molecule has 1 aromatic carbocycles. The summed E-state index contributed by atoms with van der Waals surface area (Å²) in [4.78, 5) is 12.4. The predicted molar refractivity (Wildman–Crippen MR) is 85.2 cm³/mol. The van der Waals surface area contributed by atoms with Crippen molar-refractivity contribution in [2.45, 2.75) is 52.9 Å². The molecule has 0 amide bonds. The van der Waals surface area contributed by atoms with Gasteiger partial charge in [0.05, 0.1) is 0 Å². The Balaban J connectivity index is 1.93. The normalized spacial score (nSPS) is 23.1. The van der Waals surface area contributed by atoms with E-state index in [2.05, 4.69) is 13.8 Å². The van der Waals surface area contributed by atoms with E-state index in [1.54, 1.807) is 0 Å². The molecule has 0 atom stereocenters. The van der Waals surface area contributed by atoms with Gasteiger partial charge in [0.1, 0.15) is 5.78 Å². The van der Waals surface area contributed by atoms with Crippen molar-refractivity contribution < 1.29 is 4.79 Å². The van der Waals surface area contributed by atoms with Crippen LogP contribution in [0.15, 0.2) is 18.2 Å². The topological polar surface area (TPSA) is 17.1 Å². The Kier molecular flexibility index (Phi) is 5.26. The average Bonchev–Trinajstić information content (AvgIpc) is 2.42. The van der Waals surface area contributed by atoms with E-state index in [0.29, 0.717) is 12.2 Å². The molecule has 1 aliphatic rings. The van der Waals surface area contributed by atoms with Gasteiger partial charge in [-0.2, -0.15) is 0 Å². The van der Waals surface area contributed by atoms with Gasteiger partial charge in [0, 0.05) is 17.4 Å². The molecular weight excluding hydrogens is 268 g/mol. The molecule has 0 heterocycles. The van der Waals surface area contributed by atoms with Crippen LogP contribution in [0.5, 0.6) is 0 Å². The first-order valence-corrected chi connectivity index (χ1v) is 8.13. The Morgan fingerprint density at radius 2 is 1.90 bits per heavy atom. The number of rotatable bonds is 4. The Morgan fingerprint density at radius 1 is 1.25 bits per heavy atom. The zero-order valence-electron chi connectivity index (χ0n) is 12.8. The number of benzene rings is 1. The highest BCUT2D eigenvalue weighted by Gasteiger charge is 2.27. The van der Waals surface area contributed by atoms with Crippen molar-refractivity contribution in [3.63, 3.8) is 0 Å². The highest BCUT2D eigenvalue weighted by atomic mass is 35.5. The number of ketones is 1.